The van der Waals surface area contributed by atoms with Gasteiger partial charge in [-0.1, -0.05) is 35.9 Å². The zero-order valence-corrected chi connectivity index (χ0v) is 19.1. The van der Waals surface area contributed by atoms with Crippen LogP contribution in [0.15, 0.2) is 65.6 Å². The van der Waals surface area contributed by atoms with E-state index in [1.807, 2.05) is 74.5 Å². The van der Waals surface area contributed by atoms with Crippen molar-refractivity contribution in [2.24, 2.45) is 0 Å². The van der Waals surface area contributed by atoms with Crippen molar-refractivity contribution in [2.75, 3.05) is 14.2 Å². The molecule has 156 valence electrons. The number of rotatable bonds is 8. The Kier molecular flexibility index (Phi) is 7.46. The summed E-state index contributed by atoms with van der Waals surface area (Å²) in [6.45, 7) is 4.08. The molecular formula is C25H25ClO3S. The summed E-state index contributed by atoms with van der Waals surface area (Å²) < 4.78 is 10.8. The maximum absolute atomic E-state index is 13.1. The molecule has 3 rings (SSSR count). The van der Waals surface area contributed by atoms with Crippen molar-refractivity contribution in [3.8, 4) is 11.5 Å². The smallest absolute Gasteiger partial charge is 0.164 e. The zero-order chi connectivity index (χ0) is 21.7. The summed E-state index contributed by atoms with van der Waals surface area (Å²) >= 11 is 7.71. The second-order valence-corrected chi connectivity index (χ2v) is 8.81. The lowest BCUT2D eigenvalue weighted by Crippen LogP contribution is -2.06. The lowest BCUT2D eigenvalue weighted by Gasteiger charge is -2.18. The third-order valence-electron chi connectivity index (χ3n) is 5.07. The lowest BCUT2D eigenvalue weighted by atomic mass is 9.99. The van der Waals surface area contributed by atoms with E-state index in [9.17, 15) is 4.79 Å². The van der Waals surface area contributed by atoms with Gasteiger partial charge in [0.05, 0.1) is 14.2 Å². The first-order chi connectivity index (χ1) is 14.4. The minimum absolute atomic E-state index is 0.0607. The second kappa shape index (κ2) is 10.1. The number of carbonyl (C=O) groups excluding carboxylic acids is 1. The molecule has 0 aromatic heterocycles. The van der Waals surface area contributed by atoms with Crippen molar-refractivity contribution < 1.29 is 14.3 Å². The molecule has 0 radical (unpaired) electrons. The van der Waals surface area contributed by atoms with Gasteiger partial charge in [-0.3, -0.25) is 4.79 Å². The van der Waals surface area contributed by atoms with Crippen LogP contribution in [-0.2, 0) is 0 Å². The number of hydrogen-bond acceptors (Lipinski definition) is 4. The van der Waals surface area contributed by atoms with Gasteiger partial charge in [0.2, 0.25) is 0 Å². The first-order valence-corrected chi connectivity index (χ1v) is 10.9. The molecule has 3 aromatic carbocycles. The van der Waals surface area contributed by atoms with Crippen molar-refractivity contribution >= 4 is 29.1 Å². The van der Waals surface area contributed by atoms with Crippen LogP contribution >= 0.6 is 23.4 Å². The molecule has 0 heterocycles. The zero-order valence-electron chi connectivity index (χ0n) is 17.6. The number of carbonyl (C=O) groups is 1. The predicted molar refractivity (Wildman–Crippen MR) is 124 cm³/mol. The van der Waals surface area contributed by atoms with Gasteiger partial charge < -0.3 is 9.47 Å². The summed E-state index contributed by atoms with van der Waals surface area (Å²) in [7, 11) is 3.23. The SMILES string of the molecule is COc1ccc(S[C@H](CC(=O)c2ccc(C)c(C)c2)c2ccc(Cl)cc2)cc1OC. The fourth-order valence-electron chi connectivity index (χ4n) is 3.16. The molecule has 0 fully saturated rings. The van der Waals surface area contributed by atoms with Crippen LogP contribution in [0.4, 0.5) is 0 Å². The van der Waals surface area contributed by atoms with Gasteiger partial charge in [-0.25, -0.2) is 0 Å². The molecule has 0 N–H and O–H groups in total. The summed E-state index contributed by atoms with van der Waals surface area (Å²) in [4.78, 5) is 14.1. The molecule has 0 saturated heterocycles. The van der Waals surface area contributed by atoms with Gasteiger partial charge in [0, 0.05) is 27.2 Å². The van der Waals surface area contributed by atoms with E-state index in [0.29, 0.717) is 22.9 Å². The normalized spacial score (nSPS) is 11.8. The van der Waals surface area contributed by atoms with E-state index in [1.54, 1.807) is 26.0 Å². The average molecular weight is 441 g/mol. The van der Waals surface area contributed by atoms with Crippen LogP contribution in [0.1, 0.15) is 38.7 Å². The van der Waals surface area contributed by atoms with Crippen LogP contribution in [-0.4, -0.2) is 20.0 Å². The van der Waals surface area contributed by atoms with Crippen molar-refractivity contribution in [3.05, 3.63) is 87.9 Å². The van der Waals surface area contributed by atoms with E-state index in [4.69, 9.17) is 21.1 Å². The average Bonchev–Trinajstić information content (AvgIpc) is 2.75. The Morgan fingerprint density at radius 3 is 2.23 bits per heavy atom. The summed E-state index contributed by atoms with van der Waals surface area (Å²) in [5.41, 5.74) is 4.10. The molecule has 3 nitrogen and oxygen atoms in total. The number of ketones is 1. The standard InChI is InChI=1S/C25H25ClO3S/c1-16-5-6-19(13-17(16)2)22(27)15-25(18-7-9-20(26)10-8-18)30-21-11-12-23(28-3)24(14-21)29-4/h5-14,25H,15H2,1-4H3/t25-/m1/s1. The molecular weight excluding hydrogens is 416 g/mol. The molecule has 0 saturated carbocycles. The second-order valence-electron chi connectivity index (χ2n) is 7.10. The number of benzene rings is 3. The van der Waals surface area contributed by atoms with E-state index in [-0.39, 0.29) is 11.0 Å². The number of thioether (sulfide) groups is 1. The molecule has 0 aliphatic carbocycles. The molecule has 0 amide bonds. The van der Waals surface area contributed by atoms with Gasteiger partial charge in [-0.05, 0) is 66.9 Å². The van der Waals surface area contributed by atoms with Gasteiger partial charge in [-0.15, -0.1) is 11.8 Å². The molecule has 0 aliphatic heterocycles. The monoisotopic (exact) mass is 440 g/mol. The van der Waals surface area contributed by atoms with Crippen LogP contribution in [0.2, 0.25) is 5.02 Å². The highest BCUT2D eigenvalue weighted by Crippen LogP contribution is 2.41. The minimum Gasteiger partial charge on any atom is -0.493 e. The quantitative estimate of drug-likeness (QED) is 0.277. The van der Waals surface area contributed by atoms with E-state index >= 15 is 0 Å². The minimum atomic E-state index is -0.0607. The highest BCUT2D eigenvalue weighted by molar-refractivity contribution is 7.99. The number of Topliss-reactive ketones (excluding diaryl/α,β-unsaturated/α-hetero) is 1. The molecule has 0 unspecified atom stereocenters. The Hall–Kier alpha value is -2.43. The maximum atomic E-state index is 13.1. The number of ether oxygens (including phenoxy) is 2. The largest absolute Gasteiger partial charge is 0.493 e. The van der Waals surface area contributed by atoms with E-state index < -0.39 is 0 Å². The molecule has 30 heavy (non-hydrogen) atoms. The molecule has 3 aromatic rings. The Balaban J connectivity index is 1.89. The van der Waals surface area contributed by atoms with Crippen molar-refractivity contribution in [2.45, 2.75) is 30.4 Å². The number of methoxy groups -OCH3 is 2. The van der Waals surface area contributed by atoms with E-state index in [1.165, 1.54) is 5.56 Å². The highest BCUT2D eigenvalue weighted by Gasteiger charge is 2.20. The molecule has 1 atom stereocenters. The van der Waals surface area contributed by atoms with E-state index in [0.717, 1.165) is 21.6 Å². The van der Waals surface area contributed by atoms with Crippen LogP contribution in [0.5, 0.6) is 11.5 Å². The highest BCUT2D eigenvalue weighted by atomic mass is 35.5. The molecule has 5 heteroatoms. The van der Waals surface area contributed by atoms with Gasteiger partial charge in [0.1, 0.15) is 0 Å². The summed E-state index contributed by atoms with van der Waals surface area (Å²) in [5, 5.41) is 0.614. The van der Waals surface area contributed by atoms with Gasteiger partial charge in [-0.2, -0.15) is 0 Å². The third kappa shape index (κ3) is 5.38. The first kappa shape index (κ1) is 22.3. The summed E-state index contributed by atoms with van der Waals surface area (Å²) in [6.07, 6.45) is 0.378. The Morgan fingerprint density at radius 1 is 0.900 bits per heavy atom. The molecule has 0 bridgehead atoms. The number of aryl methyl sites for hydroxylation is 2. The summed E-state index contributed by atoms with van der Waals surface area (Å²) in [5.74, 6) is 1.46. The van der Waals surface area contributed by atoms with Crippen LogP contribution in [0.25, 0.3) is 0 Å². The van der Waals surface area contributed by atoms with Crippen LogP contribution < -0.4 is 9.47 Å². The number of halogens is 1. The Bertz CT molecular complexity index is 1030. The topological polar surface area (TPSA) is 35.5 Å². The Labute approximate surface area is 187 Å². The molecule has 0 aliphatic rings. The van der Waals surface area contributed by atoms with Crippen molar-refractivity contribution in [1.29, 1.82) is 0 Å². The van der Waals surface area contributed by atoms with Crippen molar-refractivity contribution in [3.63, 3.8) is 0 Å². The fraction of sp³-hybridized carbons (Fsp3) is 0.240. The molecule has 0 spiro atoms. The lowest BCUT2D eigenvalue weighted by molar-refractivity contribution is 0.0982. The predicted octanol–water partition coefficient (Wildman–Crippen LogP) is 7.08. The van der Waals surface area contributed by atoms with E-state index in [2.05, 4.69) is 0 Å². The summed E-state index contributed by atoms with van der Waals surface area (Å²) in [6, 6.07) is 19.4. The van der Waals surface area contributed by atoms with Crippen LogP contribution in [0, 0.1) is 13.8 Å². The number of hydrogen-bond donors (Lipinski definition) is 0. The maximum Gasteiger partial charge on any atom is 0.164 e. The van der Waals surface area contributed by atoms with Gasteiger partial charge in [0.25, 0.3) is 0 Å². The fourth-order valence-corrected chi connectivity index (χ4v) is 4.46. The van der Waals surface area contributed by atoms with Gasteiger partial charge in [0.15, 0.2) is 17.3 Å². The first-order valence-electron chi connectivity index (χ1n) is 9.66. The third-order valence-corrected chi connectivity index (χ3v) is 6.58. The van der Waals surface area contributed by atoms with Gasteiger partial charge >= 0.3 is 0 Å². The Morgan fingerprint density at radius 2 is 1.60 bits per heavy atom. The van der Waals surface area contributed by atoms with Crippen molar-refractivity contribution in [1.82, 2.24) is 0 Å². The van der Waals surface area contributed by atoms with Crippen LogP contribution in [0.3, 0.4) is 0 Å².